The number of hydrogen-bond donors (Lipinski definition) is 0. The van der Waals surface area contributed by atoms with Gasteiger partial charge in [0.25, 0.3) is 0 Å². The van der Waals surface area contributed by atoms with Crippen molar-refractivity contribution in [3.8, 4) is 0 Å². The Bertz CT molecular complexity index is 749. The quantitative estimate of drug-likeness (QED) is 0.658. The standard InChI is InChI=1S/C16H16N2O/c1-12-5-6-14-13(10-12)7-9-18(14)11-16(19)15-4-3-8-17(15)2/h3-10H,11H2,1-2H3. The summed E-state index contributed by atoms with van der Waals surface area (Å²) in [7, 11) is 1.89. The molecule has 3 nitrogen and oxygen atoms in total. The summed E-state index contributed by atoms with van der Waals surface area (Å²) in [6, 6.07) is 12.1. The third-order valence-electron chi connectivity index (χ3n) is 3.47. The summed E-state index contributed by atoms with van der Waals surface area (Å²) in [5.41, 5.74) is 3.08. The molecule has 3 aromatic rings. The van der Waals surface area contributed by atoms with Crippen molar-refractivity contribution >= 4 is 16.7 Å². The minimum atomic E-state index is 0.130. The Labute approximate surface area is 112 Å². The molecule has 0 aliphatic carbocycles. The van der Waals surface area contributed by atoms with Crippen molar-refractivity contribution in [1.82, 2.24) is 9.13 Å². The molecule has 1 aromatic carbocycles. The van der Waals surface area contributed by atoms with E-state index in [-0.39, 0.29) is 5.78 Å². The van der Waals surface area contributed by atoms with Crippen LogP contribution in [0.3, 0.4) is 0 Å². The van der Waals surface area contributed by atoms with E-state index in [9.17, 15) is 4.79 Å². The Morgan fingerprint density at radius 1 is 1.16 bits per heavy atom. The maximum atomic E-state index is 12.3. The van der Waals surface area contributed by atoms with Crippen molar-refractivity contribution in [2.75, 3.05) is 0 Å². The molecule has 0 atom stereocenters. The predicted molar refractivity (Wildman–Crippen MR) is 76.4 cm³/mol. The first-order valence-electron chi connectivity index (χ1n) is 6.35. The summed E-state index contributed by atoms with van der Waals surface area (Å²) in [6.45, 7) is 2.45. The first kappa shape index (κ1) is 11.8. The Kier molecular flexibility index (Phi) is 2.75. The second-order valence-electron chi connectivity index (χ2n) is 4.93. The van der Waals surface area contributed by atoms with Gasteiger partial charge >= 0.3 is 0 Å². The maximum absolute atomic E-state index is 12.3. The molecule has 2 heterocycles. The van der Waals surface area contributed by atoms with Gasteiger partial charge in [0.15, 0.2) is 5.78 Å². The maximum Gasteiger partial charge on any atom is 0.198 e. The van der Waals surface area contributed by atoms with E-state index in [2.05, 4.69) is 31.2 Å². The monoisotopic (exact) mass is 252 g/mol. The van der Waals surface area contributed by atoms with Gasteiger partial charge in [-0.2, -0.15) is 0 Å². The molecule has 0 amide bonds. The average molecular weight is 252 g/mol. The first-order chi connectivity index (χ1) is 9.15. The zero-order valence-corrected chi connectivity index (χ0v) is 11.1. The van der Waals surface area contributed by atoms with E-state index in [1.165, 1.54) is 10.9 Å². The molecule has 3 heteroatoms. The van der Waals surface area contributed by atoms with E-state index in [0.29, 0.717) is 6.54 Å². The van der Waals surface area contributed by atoms with Crippen LogP contribution in [0.5, 0.6) is 0 Å². The molecule has 0 aliphatic rings. The normalized spacial score (nSPS) is 11.1. The summed E-state index contributed by atoms with van der Waals surface area (Å²) in [5, 5.41) is 1.18. The number of aryl methyl sites for hydroxylation is 2. The summed E-state index contributed by atoms with van der Waals surface area (Å²) in [4.78, 5) is 12.3. The molecule has 0 aliphatic heterocycles. The topological polar surface area (TPSA) is 26.9 Å². The van der Waals surface area contributed by atoms with Crippen LogP contribution in [0.15, 0.2) is 48.8 Å². The molecule has 96 valence electrons. The molecule has 0 fully saturated rings. The van der Waals surface area contributed by atoms with E-state index in [1.807, 2.05) is 40.7 Å². The van der Waals surface area contributed by atoms with Crippen LogP contribution >= 0.6 is 0 Å². The number of aromatic nitrogens is 2. The Balaban J connectivity index is 1.94. The van der Waals surface area contributed by atoms with Crippen LogP contribution in [-0.4, -0.2) is 14.9 Å². The Morgan fingerprint density at radius 3 is 2.74 bits per heavy atom. The molecule has 0 unspecified atom stereocenters. The zero-order valence-electron chi connectivity index (χ0n) is 11.1. The minimum Gasteiger partial charge on any atom is -0.348 e. The van der Waals surface area contributed by atoms with Gasteiger partial charge in [0.2, 0.25) is 0 Å². The number of ketones is 1. The first-order valence-corrected chi connectivity index (χ1v) is 6.35. The lowest BCUT2D eigenvalue weighted by Gasteiger charge is -2.06. The molecule has 0 N–H and O–H groups in total. The van der Waals surface area contributed by atoms with Crippen LogP contribution in [0.2, 0.25) is 0 Å². The molecular formula is C16H16N2O. The third-order valence-corrected chi connectivity index (χ3v) is 3.47. The number of carbonyl (C=O) groups is 1. The van der Waals surface area contributed by atoms with Crippen LogP contribution in [-0.2, 0) is 13.6 Å². The fourth-order valence-corrected chi connectivity index (χ4v) is 2.44. The molecule has 3 rings (SSSR count). The van der Waals surface area contributed by atoms with E-state index in [0.717, 1.165) is 11.2 Å². The lowest BCUT2D eigenvalue weighted by atomic mass is 10.2. The third kappa shape index (κ3) is 2.08. The van der Waals surface area contributed by atoms with Crippen molar-refractivity contribution in [2.24, 2.45) is 7.05 Å². The number of Topliss-reactive ketones (excluding diaryl/α,β-unsaturated/α-hetero) is 1. The van der Waals surface area contributed by atoms with Gasteiger partial charge < -0.3 is 9.13 Å². The number of hydrogen-bond acceptors (Lipinski definition) is 1. The highest BCUT2D eigenvalue weighted by atomic mass is 16.1. The number of rotatable bonds is 3. The van der Waals surface area contributed by atoms with Crippen LogP contribution in [0, 0.1) is 6.92 Å². The van der Waals surface area contributed by atoms with Gasteiger partial charge in [-0.1, -0.05) is 11.6 Å². The number of carbonyl (C=O) groups excluding carboxylic acids is 1. The van der Waals surface area contributed by atoms with Crippen molar-refractivity contribution in [1.29, 1.82) is 0 Å². The fraction of sp³-hybridized carbons (Fsp3) is 0.188. The average Bonchev–Trinajstić information content (AvgIpc) is 2.96. The lowest BCUT2D eigenvalue weighted by molar-refractivity contribution is 0.0965. The smallest absolute Gasteiger partial charge is 0.198 e. The Morgan fingerprint density at radius 2 is 2.00 bits per heavy atom. The second-order valence-corrected chi connectivity index (χ2v) is 4.93. The molecule has 2 aromatic heterocycles. The number of benzene rings is 1. The molecule has 0 saturated heterocycles. The highest BCUT2D eigenvalue weighted by Crippen LogP contribution is 2.18. The van der Waals surface area contributed by atoms with Crippen LogP contribution in [0.4, 0.5) is 0 Å². The molecule has 0 spiro atoms. The minimum absolute atomic E-state index is 0.130. The van der Waals surface area contributed by atoms with Crippen molar-refractivity contribution in [3.05, 3.63) is 60.0 Å². The van der Waals surface area contributed by atoms with Gasteiger partial charge in [-0.15, -0.1) is 0 Å². The van der Waals surface area contributed by atoms with Gasteiger partial charge in [-0.3, -0.25) is 4.79 Å². The van der Waals surface area contributed by atoms with E-state index in [4.69, 9.17) is 0 Å². The van der Waals surface area contributed by atoms with Gasteiger partial charge in [-0.25, -0.2) is 0 Å². The Hall–Kier alpha value is -2.29. The van der Waals surface area contributed by atoms with Gasteiger partial charge in [0.05, 0.1) is 12.2 Å². The predicted octanol–water partition coefficient (Wildman–Crippen LogP) is 3.17. The van der Waals surface area contributed by atoms with Crippen LogP contribution < -0.4 is 0 Å². The molecule has 19 heavy (non-hydrogen) atoms. The van der Waals surface area contributed by atoms with Crippen LogP contribution in [0.1, 0.15) is 16.1 Å². The largest absolute Gasteiger partial charge is 0.348 e. The summed E-state index contributed by atoms with van der Waals surface area (Å²) < 4.78 is 3.86. The van der Waals surface area contributed by atoms with E-state index < -0.39 is 0 Å². The highest BCUT2D eigenvalue weighted by Gasteiger charge is 2.11. The van der Waals surface area contributed by atoms with Gasteiger partial charge in [0.1, 0.15) is 0 Å². The SMILES string of the molecule is Cc1ccc2c(ccn2CC(=O)c2cccn2C)c1. The van der Waals surface area contributed by atoms with Crippen molar-refractivity contribution in [2.45, 2.75) is 13.5 Å². The molecular weight excluding hydrogens is 236 g/mol. The summed E-state index contributed by atoms with van der Waals surface area (Å²) in [5.74, 6) is 0.130. The second kappa shape index (κ2) is 4.43. The highest BCUT2D eigenvalue weighted by molar-refractivity contribution is 5.95. The summed E-state index contributed by atoms with van der Waals surface area (Å²) >= 11 is 0. The zero-order chi connectivity index (χ0) is 13.4. The fourth-order valence-electron chi connectivity index (χ4n) is 2.44. The molecule has 0 bridgehead atoms. The number of nitrogens with zero attached hydrogens (tertiary/aromatic N) is 2. The lowest BCUT2D eigenvalue weighted by Crippen LogP contribution is -2.12. The van der Waals surface area contributed by atoms with E-state index >= 15 is 0 Å². The van der Waals surface area contributed by atoms with E-state index in [1.54, 1.807) is 0 Å². The van der Waals surface area contributed by atoms with Crippen molar-refractivity contribution < 1.29 is 4.79 Å². The molecule has 0 saturated carbocycles. The molecule has 0 radical (unpaired) electrons. The van der Waals surface area contributed by atoms with Crippen molar-refractivity contribution in [3.63, 3.8) is 0 Å². The van der Waals surface area contributed by atoms with Gasteiger partial charge in [-0.05, 0) is 42.6 Å². The van der Waals surface area contributed by atoms with Gasteiger partial charge in [0, 0.05) is 25.0 Å². The van der Waals surface area contributed by atoms with Crippen LogP contribution in [0.25, 0.3) is 10.9 Å². The summed E-state index contributed by atoms with van der Waals surface area (Å²) in [6.07, 6.45) is 3.87. The number of fused-ring (bicyclic) bond motifs is 1.